The number of rotatable bonds is 2. The summed E-state index contributed by atoms with van der Waals surface area (Å²) in [6, 6.07) is 0.891. The minimum Gasteiger partial charge on any atom is -0.480 e. The number of carboxylic acid groups (broad SMARTS) is 1. The second-order valence-corrected chi connectivity index (χ2v) is 3.58. The fourth-order valence-corrected chi connectivity index (χ4v) is 1.63. The second-order valence-electron chi connectivity index (χ2n) is 3.58. The van der Waals surface area contributed by atoms with Gasteiger partial charge in [0.15, 0.2) is 0 Å². The van der Waals surface area contributed by atoms with Crippen molar-refractivity contribution in [2.75, 3.05) is 16.8 Å². The zero-order valence-electron chi connectivity index (χ0n) is 8.67. The zero-order valence-corrected chi connectivity index (χ0v) is 8.67. The number of carbonyl (C=O) groups is 2. The maximum Gasteiger partial charge on any atom is 0.326 e. The molecule has 1 amide bonds. The molecule has 1 aromatic rings. The number of hydrogen-bond donors (Lipinski definition) is 2. The number of hydrogen-bond acceptors (Lipinski definition) is 4. The van der Waals surface area contributed by atoms with Crippen molar-refractivity contribution in [3.63, 3.8) is 0 Å². The molecule has 1 aliphatic heterocycles. The van der Waals surface area contributed by atoms with Gasteiger partial charge >= 0.3 is 5.97 Å². The van der Waals surface area contributed by atoms with Gasteiger partial charge in [-0.15, -0.1) is 0 Å². The lowest BCUT2D eigenvalue weighted by Crippen LogP contribution is -2.46. The molecule has 0 bridgehead atoms. The average Bonchev–Trinajstić information content (AvgIpc) is 2.26. The van der Waals surface area contributed by atoms with Crippen LogP contribution in [0.25, 0.3) is 0 Å². The molecule has 16 heavy (non-hydrogen) atoms. The lowest BCUT2D eigenvalue weighted by atomic mass is 10.2. The van der Waals surface area contributed by atoms with Crippen molar-refractivity contribution in [3.05, 3.63) is 18.5 Å². The van der Waals surface area contributed by atoms with Crippen molar-refractivity contribution in [1.29, 1.82) is 0 Å². The van der Waals surface area contributed by atoms with Crippen LogP contribution in [-0.4, -0.2) is 34.6 Å². The summed E-state index contributed by atoms with van der Waals surface area (Å²) < 4.78 is 0. The van der Waals surface area contributed by atoms with Gasteiger partial charge in [-0.2, -0.15) is 0 Å². The van der Waals surface area contributed by atoms with Gasteiger partial charge in [0.2, 0.25) is 5.91 Å². The Labute approximate surface area is 91.9 Å². The third-order valence-corrected chi connectivity index (χ3v) is 2.52. The molecular formula is C10H11N3O3. The summed E-state index contributed by atoms with van der Waals surface area (Å²) in [7, 11) is 0. The first-order valence-electron chi connectivity index (χ1n) is 4.83. The number of pyridine rings is 1. The third-order valence-electron chi connectivity index (χ3n) is 2.52. The normalized spacial score (nSPS) is 16.3. The van der Waals surface area contributed by atoms with Crippen molar-refractivity contribution in [1.82, 2.24) is 4.98 Å². The van der Waals surface area contributed by atoms with Gasteiger partial charge in [0.1, 0.15) is 6.04 Å². The standard InChI is InChI=1S/C10H11N3O3/c1-6(10(15)16)13-5-9(14)12-7-2-3-11-4-8(7)13/h2-4,6H,5H2,1H3,(H,12,14)(H,15,16). The van der Waals surface area contributed by atoms with Crippen LogP contribution in [0.5, 0.6) is 0 Å². The molecule has 2 N–H and O–H groups in total. The molecule has 6 nitrogen and oxygen atoms in total. The molecule has 1 aliphatic rings. The van der Waals surface area contributed by atoms with E-state index in [1.807, 2.05) is 0 Å². The van der Waals surface area contributed by atoms with E-state index in [-0.39, 0.29) is 12.5 Å². The van der Waals surface area contributed by atoms with E-state index in [1.165, 1.54) is 11.8 Å². The van der Waals surface area contributed by atoms with E-state index in [4.69, 9.17) is 5.11 Å². The van der Waals surface area contributed by atoms with Crippen LogP contribution in [-0.2, 0) is 9.59 Å². The Morgan fingerprint density at radius 2 is 2.44 bits per heavy atom. The molecule has 6 heteroatoms. The lowest BCUT2D eigenvalue weighted by Gasteiger charge is -2.33. The summed E-state index contributed by atoms with van der Waals surface area (Å²) in [6.45, 7) is 1.57. The molecule has 0 radical (unpaired) electrons. The Balaban J connectivity index is 2.41. The van der Waals surface area contributed by atoms with Crippen molar-refractivity contribution in [2.24, 2.45) is 0 Å². The van der Waals surface area contributed by atoms with Gasteiger partial charge in [0, 0.05) is 6.20 Å². The van der Waals surface area contributed by atoms with Crippen LogP contribution in [0, 0.1) is 0 Å². The number of anilines is 2. The van der Waals surface area contributed by atoms with Crippen molar-refractivity contribution in [3.8, 4) is 0 Å². The molecule has 0 fully saturated rings. The zero-order chi connectivity index (χ0) is 11.7. The number of nitrogens with one attached hydrogen (secondary N) is 1. The molecule has 1 aromatic heterocycles. The predicted octanol–water partition coefficient (Wildman–Crippen LogP) is 0.313. The molecule has 1 atom stereocenters. The SMILES string of the molecule is CC(C(=O)O)N1CC(=O)Nc2ccncc21. The first kappa shape index (κ1) is 10.4. The number of carbonyl (C=O) groups excluding carboxylic acids is 1. The van der Waals surface area contributed by atoms with E-state index < -0.39 is 12.0 Å². The summed E-state index contributed by atoms with van der Waals surface area (Å²) >= 11 is 0. The number of amides is 1. The van der Waals surface area contributed by atoms with E-state index in [0.29, 0.717) is 11.4 Å². The number of nitrogens with zero attached hydrogens (tertiary/aromatic N) is 2. The molecule has 1 unspecified atom stereocenters. The van der Waals surface area contributed by atoms with Gasteiger partial charge in [0.25, 0.3) is 0 Å². The Bertz CT molecular complexity index is 447. The van der Waals surface area contributed by atoms with E-state index in [0.717, 1.165) is 0 Å². The van der Waals surface area contributed by atoms with Crippen LogP contribution < -0.4 is 10.2 Å². The topological polar surface area (TPSA) is 82.5 Å². The number of carboxylic acids is 1. The van der Waals surface area contributed by atoms with Crippen LogP contribution in [0.1, 0.15) is 6.92 Å². The number of fused-ring (bicyclic) bond motifs is 1. The quantitative estimate of drug-likeness (QED) is 0.751. The summed E-state index contributed by atoms with van der Waals surface area (Å²) in [5, 5.41) is 11.6. The summed E-state index contributed by atoms with van der Waals surface area (Å²) in [6.07, 6.45) is 3.10. The third kappa shape index (κ3) is 1.69. The van der Waals surface area contributed by atoms with E-state index >= 15 is 0 Å². The van der Waals surface area contributed by atoms with Crippen molar-refractivity contribution < 1.29 is 14.7 Å². The highest BCUT2D eigenvalue weighted by Crippen LogP contribution is 2.29. The first-order chi connectivity index (χ1) is 7.59. The van der Waals surface area contributed by atoms with E-state index in [1.54, 1.807) is 18.5 Å². The molecule has 0 aliphatic carbocycles. The van der Waals surface area contributed by atoms with Crippen LogP contribution in [0.4, 0.5) is 11.4 Å². The minimum absolute atomic E-state index is 0.0339. The van der Waals surface area contributed by atoms with Gasteiger partial charge in [0.05, 0.1) is 24.1 Å². The summed E-state index contributed by atoms with van der Waals surface area (Å²) in [5.41, 5.74) is 1.23. The van der Waals surface area contributed by atoms with Crippen LogP contribution in [0.15, 0.2) is 18.5 Å². The molecule has 0 aromatic carbocycles. The highest BCUT2D eigenvalue weighted by molar-refractivity contribution is 6.02. The van der Waals surface area contributed by atoms with E-state index in [9.17, 15) is 9.59 Å². The Morgan fingerprint density at radius 1 is 1.69 bits per heavy atom. The molecule has 84 valence electrons. The van der Waals surface area contributed by atoms with E-state index in [2.05, 4.69) is 10.3 Å². The molecule has 0 saturated carbocycles. The molecule has 2 heterocycles. The fourth-order valence-electron chi connectivity index (χ4n) is 1.63. The fraction of sp³-hybridized carbons (Fsp3) is 0.300. The molecule has 2 rings (SSSR count). The van der Waals surface area contributed by atoms with Crippen LogP contribution in [0.2, 0.25) is 0 Å². The lowest BCUT2D eigenvalue weighted by molar-refractivity contribution is -0.138. The monoisotopic (exact) mass is 221 g/mol. The predicted molar refractivity (Wildman–Crippen MR) is 57.3 cm³/mol. The number of aromatic nitrogens is 1. The second kappa shape index (κ2) is 3.80. The van der Waals surface area contributed by atoms with Gasteiger partial charge in [-0.3, -0.25) is 9.78 Å². The van der Waals surface area contributed by atoms with Gasteiger partial charge in [-0.05, 0) is 13.0 Å². The largest absolute Gasteiger partial charge is 0.480 e. The van der Waals surface area contributed by atoms with Gasteiger partial charge in [-0.1, -0.05) is 0 Å². The Kier molecular flexibility index (Phi) is 2.47. The molecular weight excluding hydrogens is 210 g/mol. The first-order valence-corrected chi connectivity index (χ1v) is 4.83. The van der Waals surface area contributed by atoms with Crippen LogP contribution in [0.3, 0.4) is 0 Å². The average molecular weight is 221 g/mol. The number of aliphatic carboxylic acids is 1. The highest BCUT2D eigenvalue weighted by Gasteiger charge is 2.29. The maximum atomic E-state index is 11.4. The molecule has 0 spiro atoms. The van der Waals surface area contributed by atoms with Gasteiger partial charge < -0.3 is 15.3 Å². The Hall–Kier alpha value is -2.11. The summed E-state index contributed by atoms with van der Waals surface area (Å²) in [4.78, 5) is 27.8. The Morgan fingerprint density at radius 3 is 3.12 bits per heavy atom. The van der Waals surface area contributed by atoms with Crippen molar-refractivity contribution in [2.45, 2.75) is 13.0 Å². The highest BCUT2D eigenvalue weighted by atomic mass is 16.4. The van der Waals surface area contributed by atoms with Gasteiger partial charge in [-0.25, -0.2) is 4.79 Å². The smallest absolute Gasteiger partial charge is 0.326 e. The molecule has 0 saturated heterocycles. The van der Waals surface area contributed by atoms with Crippen LogP contribution >= 0.6 is 0 Å². The minimum atomic E-state index is -0.968. The summed E-state index contributed by atoms with van der Waals surface area (Å²) in [5.74, 6) is -1.18. The maximum absolute atomic E-state index is 11.4. The van der Waals surface area contributed by atoms with Crippen molar-refractivity contribution >= 4 is 23.3 Å².